The van der Waals surface area contributed by atoms with Crippen LogP contribution in [0.5, 0.6) is 0 Å². The zero-order valence-corrected chi connectivity index (χ0v) is 22.7. The second-order valence-electron chi connectivity index (χ2n) is 8.29. The monoisotopic (exact) mass is 551 g/mol. The van der Waals surface area contributed by atoms with Gasteiger partial charge in [-0.05, 0) is 30.5 Å². The molecule has 0 saturated carbocycles. The fourth-order valence-corrected chi connectivity index (χ4v) is 2.80. The maximum absolute atomic E-state index is 13.5. The van der Waals surface area contributed by atoms with E-state index in [0.29, 0.717) is 29.5 Å². The zero-order valence-electron chi connectivity index (χ0n) is 20.4. The van der Waals surface area contributed by atoms with Crippen LogP contribution in [-0.2, 0) is 22.7 Å². The molecule has 0 bridgehead atoms. The number of amides is 2. The standard InChI is InChI=1S/C13H17ClFNO.C9H8Cl2FNO.C3H9N/c1-9(2)6-7-12(17)16-8-10-4-3-5-11(14)13(10)15;10-4-8(14)13-5-6-2-1-3-7(11)9(6)12;1-3(2)4/h3-5,9H,6-8H2,1-2H3,(H,16,17);1-3H,4-5H2,(H,13,14);3H,4H2,1-2H3. The predicted octanol–water partition coefficient (Wildman–Crippen LogP) is 6.22. The van der Waals surface area contributed by atoms with Gasteiger partial charge in [0, 0.05) is 30.6 Å². The van der Waals surface area contributed by atoms with Crippen molar-refractivity contribution in [3.8, 4) is 0 Å². The molecule has 0 fully saturated rings. The first kappa shape index (κ1) is 33.1. The molecule has 5 nitrogen and oxygen atoms in total. The van der Waals surface area contributed by atoms with Crippen molar-refractivity contribution in [1.29, 1.82) is 0 Å². The van der Waals surface area contributed by atoms with Crippen molar-refractivity contribution in [3.63, 3.8) is 0 Å². The van der Waals surface area contributed by atoms with Gasteiger partial charge in [0.1, 0.15) is 17.5 Å². The van der Waals surface area contributed by atoms with Gasteiger partial charge in [0.2, 0.25) is 11.8 Å². The summed E-state index contributed by atoms with van der Waals surface area (Å²) in [6.45, 7) is 8.29. The fourth-order valence-electron chi connectivity index (χ4n) is 2.31. The zero-order chi connectivity index (χ0) is 27.0. The first-order valence-corrected chi connectivity index (χ1v) is 12.4. The van der Waals surface area contributed by atoms with Gasteiger partial charge in [0.05, 0.1) is 10.0 Å². The topological polar surface area (TPSA) is 84.2 Å². The summed E-state index contributed by atoms with van der Waals surface area (Å²) >= 11 is 16.5. The van der Waals surface area contributed by atoms with Gasteiger partial charge >= 0.3 is 0 Å². The van der Waals surface area contributed by atoms with E-state index in [4.69, 9.17) is 40.5 Å². The molecule has 0 aromatic heterocycles. The Morgan fingerprint density at radius 1 is 0.857 bits per heavy atom. The lowest BCUT2D eigenvalue weighted by molar-refractivity contribution is -0.121. The molecule has 2 aromatic carbocycles. The molecule has 0 atom stereocenters. The number of hydrogen-bond donors (Lipinski definition) is 3. The van der Waals surface area contributed by atoms with Gasteiger partial charge in [-0.1, -0.05) is 75.2 Å². The number of alkyl halides is 1. The molecule has 4 N–H and O–H groups in total. The van der Waals surface area contributed by atoms with E-state index in [1.807, 2.05) is 13.8 Å². The van der Waals surface area contributed by atoms with E-state index in [1.165, 1.54) is 12.1 Å². The summed E-state index contributed by atoms with van der Waals surface area (Å²) in [5.41, 5.74) is 5.87. The quantitative estimate of drug-likeness (QED) is 0.340. The number of halogens is 5. The van der Waals surface area contributed by atoms with Crippen LogP contribution in [0.2, 0.25) is 10.0 Å². The number of rotatable bonds is 8. The van der Waals surface area contributed by atoms with Crippen LogP contribution in [0.15, 0.2) is 36.4 Å². The minimum absolute atomic E-state index is 0.0441. The average molecular weight is 553 g/mol. The third-order valence-corrected chi connectivity index (χ3v) is 4.91. The second kappa shape index (κ2) is 18.4. The second-order valence-corrected chi connectivity index (χ2v) is 9.37. The molecule has 0 aliphatic rings. The van der Waals surface area contributed by atoms with Gasteiger partial charge < -0.3 is 16.4 Å². The Kier molecular flexibility index (Phi) is 17.3. The van der Waals surface area contributed by atoms with E-state index in [9.17, 15) is 18.4 Å². The Morgan fingerprint density at radius 3 is 1.63 bits per heavy atom. The van der Waals surface area contributed by atoms with Crippen molar-refractivity contribution in [2.24, 2.45) is 11.7 Å². The van der Waals surface area contributed by atoms with Crippen molar-refractivity contribution < 1.29 is 18.4 Å². The minimum Gasteiger partial charge on any atom is -0.352 e. The molecule has 2 rings (SSSR count). The number of nitrogens with two attached hydrogens (primary N) is 1. The highest BCUT2D eigenvalue weighted by Gasteiger charge is 2.08. The van der Waals surface area contributed by atoms with Gasteiger partial charge in [-0.25, -0.2) is 8.78 Å². The number of nitrogens with one attached hydrogen (secondary N) is 2. The molecule has 35 heavy (non-hydrogen) atoms. The lowest BCUT2D eigenvalue weighted by Crippen LogP contribution is -2.24. The number of hydrogen-bond acceptors (Lipinski definition) is 3. The lowest BCUT2D eigenvalue weighted by Gasteiger charge is -2.08. The molecule has 0 unspecified atom stereocenters. The molecule has 0 saturated heterocycles. The molecule has 0 aliphatic carbocycles. The summed E-state index contributed by atoms with van der Waals surface area (Å²) in [7, 11) is 0. The maximum atomic E-state index is 13.5. The first-order valence-electron chi connectivity index (χ1n) is 11.1. The Balaban J connectivity index is 0.000000581. The smallest absolute Gasteiger partial charge is 0.235 e. The summed E-state index contributed by atoms with van der Waals surface area (Å²) in [5, 5.41) is 5.26. The first-order chi connectivity index (χ1) is 16.4. The van der Waals surface area contributed by atoms with Gasteiger partial charge in [-0.2, -0.15) is 0 Å². The number of benzene rings is 2. The fraction of sp³-hybridized carbons (Fsp3) is 0.440. The molecular formula is C25H34Cl3F2N3O2. The number of carbonyl (C=O) groups excluding carboxylic acids is 2. The van der Waals surface area contributed by atoms with Gasteiger partial charge in [-0.3, -0.25) is 9.59 Å². The normalized spacial score (nSPS) is 10.2. The highest BCUT2D eigenvalue weighted by atomic mass is 35.5. The highest BCUT2D eigenvalue weighted by molar-refractivity contribution is 6.31. The summed E-state index contributed by atoms with van der Waals surface area (Å²) in [6.07, 6.45) is 1.31. The highest BCUT2D eigenvalue weighted by Crippen LogP contribution is 2.18. The van der Waals surface area contributed by atoms with Gasteiger partial charge in [0.15, 0.2) is 0 Å². The Hall–Kier alpha value is -1.93. The Labute approximate surface area is 221 Å². The average Bonchev–Trinajstić information content (AvgIpc) is 2.79. The van der Waals surface area contributed by atoms with Gasteiger partial charge in [-0.15, -0.1) is 11.6 Å². The SMILES string of the molecule is CC(C)CCC(=O)NCc1cccc(Cl)c1F.CC(C)N.O=C(CCl)NCc1cccc(Cl)c1F. The van der Waals surface area contributed by atoms with E-state index in [-0.39, 0.29) is 40.8 Å². The van der Waals surface area contributed by atoms with Crippen LogP contribution in [0.1, 0.15) is 51.7 Å². The molecular weight excluding hydrogens is 519 g/mol. The molecule has 196 valence electrons. The Bertz CT molecular complexity index is 926. The third kappa shape index (κ3) is 15.6. The maximum Gasteiger partial charge on any atom is 0.235 e. The van der Waals surface area contributed by atoms with Crippen LogP contribution in [0.25, 0.3) is 0 Å². The largest absolute Gasteiger partial charge is 0.352 e. The van der Waals surface area contributed by atoms with Crippen LogP contribution in [-0.4, -0.2) is 23.7 Å². The van der Waals surface area contributed by atoms with Gasteiger partial charge in [0.25, 0.3) is 0 Å². The van der Waals surface area contributed by atoms with E-state index in [1.54, 1.807) is 24.3 Å². The molecule has 2 aromatic rings. The number of carbonyl (C=O) groups is 2. The van der Waals surface area contributed by atoms with Crippen LogP contribution >= 0.6 is 34.8 Å². The van der Waals surface area contributed by atoms with E-state index >= 15 is 0 Å². The third-order valence-electron chi connectivity index (χ3n) is 4.09. The molecule has 0 aliphatic heterocycles. The summed E-state index contributed by atoms with van der Waals surface area (Å²) in [4.78, 5) is 22.2. The minimum atomic E-state index is -0.510. The van der Waals surface area contributed by atoms with Crippen LogP contribution in [0.4, 0.5) is 8.78 Å². The van der Waals surface area contributed by atoms with E-state index < -0.39 is 11.6 Å². The van der Waals surface area contributed by atoms with E-state index in [2.05, 4.69) is 24.5 Å². The molecule has 0 radical (unpaired) electrons. The summed E-state index contributed by atoms with van der Waals surface area (Å²) < 4.78 is 26.7. The van der Waals surface area contributed by atoms with Crippen LogP contribution in [0, 0.1) is 17.6 Å². The molecule has 0 heterocycles. The Morgan fingerprint density at radius 2 is 1.26 bits per heavy atom. The summed E-state index contributed by atoms with van der Waals surface area (Å²) in [5.74, 6) is -1.02. The van der Waals surface area contributed by atoms with Crippen molar-refractivity contribution in [1.82, 2.24) is 10.6 Å². The predicted molar refractivity (Wildman–Crippen MR) is 141 cm³/mol. The van der Waals surface area contributed by atoms with Crippen molar-refractivity contribution >= 4 is 46.6 Å². The summed E-state index contributed by atoms with van der Waals surface area (Å²) in [6, 6.07) is 9.72. The molecule has 2 amide bonds. The van der Waals surface area contributed by atoms with Crippen LogP contribution < -0.4 is 16.4 Å². The van der Waals surface area contributed by atoms with Crippen LogP contribution in [0.3, 0.4) is 0 Å². The van der Waals surface area contributed by atoms with Crippen molar-refractivity contribution in [2.45, 2.75) is 59.7 Å². The molecule has 0 spiro atoms. The molecule has 10 heteroatoms. The van der Waals surface area contributed by atoms with E-state index in [0.717, 1.165) is 6.42 Å². The van der Waals surface area contributed by atoms with Crippen molar-refractivity contribution in [2.75, 3.05) is 5.88 Å². The van der Waals surface area contributed by atoms with Crippen molar-refractivity contribution in [3.05, 3.63) is 69.2 Å². The lowest BCUT2D eigenvalue weighted by atomic mass is 10.1.